The molecule has 0 radical (unpaired) electrons. The smallest absolute Gasteiger partial charge is 0.305 e. The molecule has 1 amide bonds. The van der Waals surface area contributed by atoms with E-state index in [1.165, 1.54) is 25.3 Å². The van der Waals surface area contributed by atoms with Gasteiger partial charge in [0.1, 0.15) is 0 Å². The van der Waals surface area contributed by atoms with Crippen molar-refractivity contribution >= 4 is 11.6 Å². The van der Waals surface area contributed by atoms with E-state index in [1.54, 1.807) is 0 Å². The standard InChI is InChI=1S/C15H21FN2O3/c1-2-3-4-5-6-7-10-17-15(19)12-8-9-13(16)14(11-12)18(20)21/h8-9,11H,2-7,10H2,1H3,(H,17,19). The minimum atomic E-state index is -0.938. The van der Waals surface area contributed by atoms with Crippen molar-refractivity contribution in [3.05, 3.63) is 39.7 Å². The molecule has 0 heterocycles. The third kappa shape index (κ3) is 5.89. The van der Waals surface area contributed by atoms with Crippen LogP contribution in [0.2, 0.25) is 0 Å². The average molecular weight is 296 g/mol. The first-order valence-corrected chi connectivity index (χ1v) is 7.28. The van der Waals surface area contributed by atoms with Gasteiger partial charge in [0, 0.05) is 18.2 Å². The molecule has 0 aromatic heterocycles. The molecular weight excluding hydrogens is 275 g/mol. The highest BCUT2D eigenvalue weighted by Gasteiger charge is 2.17. The zero-order valence-electron chi connectivity index (χ0n) is 12.2. The highest BCUT2D eigenvalue weighted by atomic mass is 19.1. The number of carbonyl (C=O) groups excluding carboxylic acids is 1. The summed E-state index contributed by atoms with van der Waals surface area (Å²) in [5.74, 6) is -1.35. The predicted molar refractivity (Wildman–Crippen MR) is 78.8 cm³/mol. The lowest BCUT2D eigenvalue weighted by Gasteiger charge is -2.05. The Labute approximate surface area is 123 Å². The highest BCUT2D eigenvalue weighted by Crippen LogP contribution is 2.18. The summed E-state index contributed by atoms with van der Waals surface area (Å²) in [5, 5.41) is 13.3. The molecular formula is C15H21FN2O3. The van der Waals surface area contributed by atoms with Crippen molar-refractivity contribution in [1.82, 2.24) is 5.32 Å². The Morgan fingerprint density at radius 2 is 1.90 bits per heavy atom. The average Bonchev–Trinajstić information content (AvgIpc) is 2.46. The van der Waals surface area contributed by atoms with E-state index in [4.69, 9.17) is 0 Å². The van der Waals surface area contributed by atoms with E-state index in [0.29, 0.717) is 6.54 Å². The fraction of sp³-hybridized carbons (Fsp3) is 0.533. The Kier molecular flexibility index (Phi) is 7.36. The molecule has 1 aromatic rings. The van der Waals surface area contributed by atoms with Crippen LogP contribution in [-0.4, -0.2) is 17.4 Å². The topological polar surface area (TPSA) is 72.2 Å². The number of amides is 1. The number of hydrogen-bond donors (Lipinski definition) is 1. The second kappa shape index (κ2) is 9.05. The molecule has 5 nitrogen and oxygen atoms in total. The van der Waals surface area contributed by atoms with E-state index in [1.807, 2.05) is 0 Å². The number of nitro benzene ring substituents is 1. The molecule has 1 N–H and O–H groups in total. The number of unbranched alkanes of at least 4 members (excludes halogenated alkanes) is 5. The molecule has 0 aliphatic rings. The molecule has 0 spiro atoms. The van der Waals surface area contributed by atoms with E-state index in [2.05, 4.69) is 12.2 Å². The van der Waals surface area contributed by atoms with Crippen LogP contribution in [0.15, 0.2) is 18.2 Å². The van der Waals surface area contributed by atoms with Crippen molar-refractivity contribution in [2.75, 3.05) is 6.54 Å². The molecule has 116 valence electrons. The van der Waals surface area contributed by atoms with Gasteiger partial charge >= 0.3 is 5.69 Å². The van der Waals surface area contributed by atoms with Crippen molar-refractivity contribution < 1.29 is 14.1 Å². The maximum atomic E-state index is 13.2. The van der Waals surface area contributed by atoms with Gasteiger partial charge in [-0.3, -0.25) is 14.9 Å². The summed E-state index contributed by atoms with van der Waals surface area (Å²) in [6.45, 7) is 2.68. The normalized spacial score (nSPS) is 10.4. The number of halogens is 1. The molecule has 0 saturated heterocycles. The van der Waals surface area contributed by atoms with Crippen molar-refractivity contribution in [3.8, 4) is 0 Å². The molecule has 0 bridgehead atoms. The zero-order chi connectivity index (χ0) is 15.7. The van der Waals surface area contributed by atoms with Crippen LogP contribution in [0.3, 0.4) is 0 Å². The summed E-state index contributed by atoms with van der Waals surface area (Å²) in [4.78, 5) is 21.6. The maximum absolute atomic E-state index is 13.2. The zero-order valence-corrected chi connectivity index (χ0v) is 12.2. The first kappa shape index (κ1) is 17.1. The van der Waals surface area contributed by atoms with Gasteiger partial charge in [-0.05, 0) is 18.6 Å². The monoisotopic (exact) mass is 296 g/mol. The lowest BCUT2D eigenvalue weighted by molar-refractivity contribution is -0.387. The largest absolute Gasteiger partial charge is 0.352 e. The Balaban J connectivity index is 2.39. The number of carbonyl (C=O) groups is 1. The molecule has 0 atom stereocenters. The van der Waals surface area contributed by atoms with Gasteiger partial charge in [-0.25, -0.2) is 0 Å². The second-order valence-corrected chi connectivity index (χ2v) is 4.95. The molecule has 0 unspecified atom stereocenters. The molecule has 0 saturated carbocycles. The van der Waals surface area contributed by atoms with Crippen LogP contribution in [0.5, 0.6) is 0 Å². The number of nitro groups is 1. The SMILES string of the molecule is CCCCCCCCNC(=O)c1ccc(F)c([N+](=O)[O-])c1. The summed E-state index contributed by atoms with van der Waals surface area (Å²) >= 11 is 0. The Morgan fingerprint density at radius 1 is 1.24 bits per heavy atom. The Hall–Kier alpha value is -1.98. The van der Waals surface area contributed by atoms with Crippen molar-refractivity contribution in [2.24, 2.45) is 0 Å². The van der Waals surface area contributed by atoms with Crippen molar-refractivity contribution in [3.63, 3.8) is 0 Å². The number of nitrogens with one attached hydrogen (secondary N) is 1. The van der Waals surface area contributed by atoms with Gasteiger partial charge in [-0.15, -0.1) is 0 Å². The lowest BCUT2D eigenvalue weighted by atomic mass is 10.1. The Morgan fingerprint density at radius 3 is 2.57 bits per heavy atom. The molecule has 1 aromatic carbocycles. The predicted octanol–water partition coefficient (Wildman–Crippen LogP) is 3.82. The van der Waals surface area contributed by atoms with E-state index < -0.39 is 22.3 Å². The Bertz CT molecular complexity index is 492. The van der Waals surface area contributed by atoms with Gasteiger partial charge in [0.25, 0.3) is 5.91 Å². The summed E-state index contributed by atoms with van der Waals surface area (Å²) in [7, 11) is 0. The minimum Gasteiger partial charge on any atom is -0.352 e. The van der Waals surface area contributed by atoms with Crippen LogP contribution in [0.4, 0.5) is 10.1 Å². The van der Waals surface area contributed by atoms with Crippen LogP contribution in [-0.2, 0) is 0 Å². The quantitative estimate of drug-likeness (QED) is 0.427. The molecule has 6 heteroatoms. The fourth-order valence-corrected chi connectivity index (χ4v) is 2.00. The lowest BCUT2D eigenvalue weighted by Crippen LogP contribution is -2.24. The van der Waals surface area contributed by atoms with E-state index in [-0.39, 0.29) is 5.56 Å². The second-order valence-electron chi connectivity index (χ2n) is 4.95. The van der Waals surface area contributed by atoms with E-state index >= 15 is 0 Å². The summed E-state index contributed by atoms with van der Waals surface area (Å²) < 4.78 is 13.2. The third-order valence-electron chi connectivity index (χ3n) is 3.22. The first-order valence-electron chi connectivity index (χ1n) is 7.28. The number of hydrogen-bond acceptors (Lipinski definition) is 3. The molecule has 1 rings (SSSR count). The molecule has 0 fully saturated rings. The van der Waals surface area contributed by atoms with Crippen molar-refractivity contribution in [2.45, 2.75) is 45.4 Å². The summed E-state index contributed by atoms with van der Waals surface area (Å²) in [6.07, 6.45) is 6.69. The number of rotatable bonds is 9. The van der Waals surface area contributed by atoms with Crippen LogP contribution < -0.4 is 5.32 Å². The van der Waals surface area contributed by atoms with Crippen molar-refractivity contribution in [1.29, 1.82) is 0 Å². The third-order valence-corrected chi connectivity index (χ3v) is 3.22. The van der Waals surface area contributed by atoms with E-state index in [0.717, 1.165) is 31.4 Å². The minimum absolute atomic E-state index is 0.106. The van der Waals surface area contributed by atoms with Gasteiger partial charge in [-0.1, -0.05) is 39.0 Å². The van der Waals surface area contributed by atoms with E-state index in [9.17, 15) is 19.3 Å². The van der Waals surface area contributed by atoms with Crippen LogP contribution >= 0.6 is 0 Å². The summed E-state index contributed by atoms with van der Waals surface area (Å²) in [5.41, 5.74) is -0.573. The van der Waals surface area contributed by atoms with Crippen LogP contribution in [0, 0.1) is 15.9 Å². The molecule has 0 aliphatic carbocycles. The summed E-state index contributed by atoms with van der Waals surface area (Å²) in [6, 6.07) is 3.16. The van der Waals surface area contributed by atoms with Gasteiger partial charge < -0.3 is 5.32 Å². The van der Waals surface area contributed by atoms with Crippen LogP contribution in [0.25, 0.3) is 0 Å². The van der Waals surface area contributed by atoms with Gasteiger partial charge in [0.2, 0.25) is 5.82 Å². The number of nitrogens with zero attached hydrogens (tertiary/aromatic N) is 1. The molecule has 0 aliphatic heterocycles. The fourth-order valence-electron chi connectivity index (χ4n) is 2.00. The maximum Gasteiger partial charge on any atom is 0.305 e. The van der Waals surface area contributed by atoms with Gasteiger partial charge in [0.15, 0.2) is 0 Å². The highest BCUT2D eigenvalue weighted by molar-refractivity contribution is 5.94. The number of benzene rings is 1. The van der Waals surface area contributed by atoms with Crippen LogP contribution in [0.1, 0.15) is 55.8 Å². The molecule has 21 heavy (non-hydrogen) atoms. The van der Waals surface area contributed by atoms with Gasteiger partial charge in [0.05, 0.1) is 4.92 Å². The van der Waals surface area contributed by atoms with Gasteiger partial charge in [-0.2, -0.15) is 4.39 Å². The first-order chi connectivity index (χ1) is 10.1.